The normalized spacial score (nSPS) is 25.1. The van der Waals surface area contributed by atoms with Crippen molar-refractivity contribution in [2.24, 2.45) is 0 Å². The van der Waals surface area contributed by atoms with Crippen molar-refractivity contribution in [2.75, 3.05) is 6.54 Å². The summed E-state index contributed by atoms with van der Waals surface area (Å²) in [5.74, 6) is -1.24. The number of carboxylic acid groups (broad SMARTS) is 1. The van der Waals surface area contributed by atoms with Crippen molar-refractivity contribution in [2.45, 2.75) is 50.9 Å². The third-order valence-corrected chi connectivity index (χ3v) is 2.76. The molecule has 0 aromatic heterocycles. The molecule has 0 radical (unpaired) electrons. The molecular weight excluding hydrogens is 267 g/mol. The maximum Gasteiger partial charge on any atom is 0.407 e. The summed E-state index contributed by atoms with van der Waals surface area (Å²) in [5.41, 5.74) is -2.51. The van der Waals surface area contributed by atoms with Crippen LogP contribution >= 0.6 is 0 Å². The van der Waals surface area contributed by atoms with Crippen molar-refractivity contribution < 1.29 is 23.8 Å². The molecule has 0 saturated heterocycles. The molecule has 1 rings (SSSR count). The summed E-state index contributed by atoms with van der Waals surface area (Å²) in [7, 11) is 0. The van der Waals surface area contributed by atoms with Crippen molar-refractivity contribution in [3.8, 4) is 0 Å². The molecule has 0 bridgehead atoms. The van der Waals surface area contributed by atoms with Crippen LogP contribution in [0.3, 0.4) is 0 Å². The lowest BCUT2D eigenvalue weighted by atomic mass is 9.93. The Morgan fingerprint density at radius 1 is 1.50 bits per heavy atom. The van der Waals surface area contributed by atoms with Gasteiger partial charge >= 0.3 is 12.1 Å². The van der Waals surface area contributed by atoms with E-state index in [0.717, 1.165) is 0 Å². The molecule has 7 heteroatoms. The monoisotopic (exact) mass is 288 g/mol. The lowest BCUT2D eigenvalue weighted by molar-refractivity contribution is -0.142. The second-order valence-corrected chi connectivity index (χ2v) is 5.73. The fourth-order valence-electron chi connectivity index (χ4n) is 1.89. The molecule has 0 saturated carbocycles. The Bertz CT molecular complexity index is 406. The van der Waals surface area contributed by atoms with Crippen LogP contribution in [0, 0.1) is 0 Å². The predicted octanol–water partition coefficient (Wildman–Crippen LogP) is 1.57. The highest BCUT2D eigenvalue weighted by molar-refractivity contribution is 5.76. The minimum atomic E-state index is -1.93. The highest BCUT2D eigenvalue weighted by Crippen LogP contribution is 2.28. The summed E-state index contributed by atoms with van der Waals surface area (Å²) in [6, 6.07) is -1.27. The Hall–Kier alpha value is -1.79. The van der Waals surface area contributed by atoms with Crippen molar-refractivity contribution in [3.63, 3.8) is 0 Å². The third kappa shape index (κ3) is 4.71. The minimum absolute atomic E-state index is 0.00324. The molecule has 20 heavy (non-hydrogen) atoms. The number of alkyl halides is 1. The van der Waals surface area contributed by atoms with E-state index in [1.54, 1.807) is 20.8 Å². The molecule has 3 N–H and O–H groups in total. The molecule has 1 aliphatic rings. The van der Waals surface area contributed by atoms with Crippen LogP contribution in [0.5, 0.6) is 0 Å². The average molecular weight is 288 g/mol. The molecule has 2 atom stereocenters. The maximum absolute atomic E-state index is 14.3. The predicted molar refractivity (Wildman–Crippen MR) is 71.0 cm³/mol. The number of carbonyl (C=O) groups excluding carboxylic acids is 1. The van der Waals surface area contributed by atoms with E-state index in [0.29, 0.717) is 6.42 Å². The van der Waals surface area contributed by atoms with Crippen LogP contribution in [0.1, 0.15) is 33.6 Å². The van der Waals surface area contributed by atoms with Crippen LogP contribution in [0.15, 0.2) is 12.3 Å². The Balaban J connectivity index is 2.32. The molecule has 1 heterocycles. The van der Waals surface area contributed by atoms with Crippen LogP contribution in [-0.2, 0) is 9.53 Å². The first kappa shape index (κ1) is 16.3. The van der Waals surface area contributed by atoms with Gasteiger partial charge in [0, 0.05) is 6.54 Å². The highest BCUT2D eigenvalue weighted by atomic mass is 19.1. The second kappa shape index (κ2) is 6.11. The summed E-state index contributed by atoms with van der Waals surface area (Å²) < 4.78 is 19.4. The van der Waals surface area contributed by atoms with Gasteiger partial charge in [-0.1, -0.05) is 0 Å². The summed E-state index contributed by atoms with van der Waals surface area (Å²) >= 11 is 0. The topological polar surface area (TPSA) is 87.7 Å². The van der Waals surface area contributed by atoms with Crippen molar-refractivity contribution in [3.05, 3.63) is 12.3 Å². The zero-order valence-electron chi connectivity index (χ0n) is 11.9. The van der Waals surface area contributed by atoms with Gasteiger partial charge in [0.2, 0.25) is 0 Å². The zero-order valence-corrected chi connectivity index (χ0v) is 11.9. The first-order valence-electron chi connectivity index (χ1n) is 6.46. The highest BCUT2D eigenvalue weighted by Gasteiger charge is 2.44. The van der Waals surface area contributed by atoms with Crippen LogP contribution < -0.4 is 10.6 Å². The van der Waals surface area contributed by atoms with E-state index in [9.17, 15) is 14.0 Å². The van der Waals surface area contributed by atoms with E-state index in [-0.39, 0.29) is 13.0 Å². The number of ether oxygens (including phenoxy) is 1. The summed E-state index contributed by atoms with van der Waals surface area (Å²) in [4.78, 5) is 22.2. The molecule has 0 spiro atoms. The van der Waals surface area contributed by atoms with Gasteiger partial charge in [-0.05, 0) is 45.9 Å². The lowest BCUT2D eigenvalue weighted by Crippen LogP contribution is -2.46. The maximum atomic E-state index is 14.3. The number of carbonyl (C=O) groups is 2. The van der Waals surface area contributed by atoms with E-state index in [4.69, 9.17) is 9.84 Å². The van der Waals surface area contributed by atoms with Gasteiger partial charge in [-0.25, -0.2) is 14.0 Å². The van der Waals surface area contributed by atoms with E-state index < -0.39 is 29.4 Å². The summed E-state index contributed by atoms with van der Waals surface area (Å²) in [6.07, 6.45) is 2.26. The summed E-state index contributed by atoms with van der Waals surface area (Å²) in [6.45, 7) is 5.46. The first-order chi connectivity index (χ1) is 9.14. The number of nitrogens with one attached hydrogen (secondary N) is 2. The number of rotatable bonds is 5. The van der Waals surface area contributed by atoms with Gasteiger partial charge in [0.1, 0.15) is 5.60 Å². The zero-order chi connectivity index (χ0) is 15.4. The van der Waals surface area contributed by atoms with Gasteiger partial charge in [0.25, 0.3) is 0 Å². The van der Waals surface area contributed by atoms with E-state index in [1.165, 1.54) is 12.3 Å². The number of amides is 1. The molecule has 0 aromatic rings. The number of carboxylic acids is 1. The van der Waals surface area contributed by atoms with Crippen molar-refractivity contribution in [1.29, 1.82) is 0 Å². The van der Waals surface area contributed by atoms with Crippen LogP contribution in [-0.4, -0.2) is 41.0 Å². The van der Waals surface area contributed by atoms with Crippen LogP contribution in [0.2, 0.25) is 0 Å². The number of alkyl carbamates (subject to hydrolysis) is 1. The van der Waals surface area contributed by atoms with Crippen LogP contribution in [0.25, 0.3) is 0 Å². The Morgan fingerprint density at radius 2 is 2.15 bits per heavy atom. The Morgan fingerprint density at radius 3 is 2.70 bits per heavy atom. The van der Waals surface area contributed by atoms with E-state index in [2.05, 4.69) is 10.6 Å². The molecule has 114 valence electrons. The number of halogens is 1. The number of aliphatic carboxylic acids is 1. The smallest absolute Gasteiger partial charge is 0.407 e. The molecule has 6 nitrogen and oxygen atoms in total. The molecule has 1 aliphatic heterocycles. The molecule has 2 unspecified atom stereocenters. The lowest BCUT2D eigenvalue weighted by Gasteiger charge is -2.23. The summed E-state index contributed by atoms with van der Waals surface area (Å²) in [5, 5.41) is 13.9. The molecule has 1 amide bonds. The van der Waals surface area contributed by atoms with Gasteiger partial charge in [-0.15, -0.1) is 0 Å². The minimum Gasteiger partial charge on any atom is -0.480 e. The van der Waals surface area contributed by atoms with Gasteiger partial charge < -0.3 is 20.5 Å². The SMILES string of the molecule is CC(C)(C)OC(=O)NCCCC1(F)C=CNC1C(=O)O. The van der Waals surface area contributed by atoms with Crippen molar-refractivity contribution >= 4 is 12.1 Å². The van der Waals surface area contributed by atoms with Crippen molar-refractivity contribution in [1.82, 2.24) is 10.6 Å². The quantitative estimate of drug-likeness (QED) is 0.668. The third-order valence-electron chi connectivity index (χ3n) is 2.76. The molecule has 0 aliphatic carbocycles. The van der Waals surface area contributed by atoms with Gasteiger partial charge in [0.05, 0.1) is 0 Å². The fourth-order valence-corrected chi connectivity index (χ4v) is 1.89. The van der Waals surface area contributed by atoms with Gasteiger partial charge in [-0.3, -0.25) is 0 Å². The Kier molecular flexibility index (Phi) is 4.97. The second-order valence-electron chi connectivity index (χ2n) is 5.73. The first-order valence-corrected chi connectivity index (χ1v) is 6.46. The van der Waals surface area contributed by atoms with E-state index >= 15 is 0 Å². The fraction of sp³-hybridized carbons (Fsp3) is 0.692. The van der Waals surface area contributed by atoms with Crippen LogP contribution in [0.4, 0.5) is 9.18 Å². The van der Waals surface area contributed by atoms with E-state index in [1.807, 2.05) is 0 Å². The molecule has 0 fully saturated rings. The van der Waals surface area contributed by atoms with Gasteiger partial charge in [-0.2, -0.15) is 0 Å². The number of hydrogen-bond acceptors (Lipinski definition) is 4. The molecule has 0 aromatic carbocycles. The van der Waals surface area contributed by atoms with Gasteiger partial charge in [0.15, 0.2) is 11.7 Å². The largest absolute Gasteiger partial charge is 0.480 e. The number of hydrogen-bond donors (Lipinski definition) is 3. The standard InChI is InChI=1S/C13H21FN2O4/c1-12(2,3)20-11(19)16-7-4-5-13(14)6-8-15-9(13)10(17)18/h6,8-9,15H,4-5,7H2,1-3H3,(H,16,19)(H,17,18). The molecular formula is C13H21FN2O4. The average Bonchev–Trinajstić information content (AvgIpc) is 2.65. The Labute approximate surface area is 117 Å².